The second kappa shape index (κ2) is 6.44. The minimum Gasteiger partial charge on any atom is -0.373 e. The molecule has 1 unspecified atom stereocenters. The summed E-state index contributed by atoms with van der Waals surface area (Å²) in [7, 11) is -2.86. The van der Waals surface area contributed by atoms with Crippen molar-refractivity contribution < 1.29 is 17.7 Å². The van der Waals surface area contributed by atoms with E-state index >= 15 is 0 Å². The molecule has 0 spiro atoms. The lowest BCUT2D eigenvalue weighted by molar-refractivity contribution is 0.114. The molecule has 0 radical (unpaired) electrons. The van der Waals surface area contributed by atoms with Crippen molar-refractivity contribution in [1.82, 2.24) is 15.5 Å². The normalized spacial score (nSPS) is 21.8. The lowest BCUT2D eigenvalue weighted by Gasteiger charge is -2.07. The van der Waals surface area contributed by atoms with Gasteiger partial charge in [-0.15, -0.1) is 0 Å². The molecule has 0 aliphatic carbocycles. The van der Waals surface area contributed by atoms with Crippen LogP contribution in [0, 0.1) is 0 Å². The highest BCUT2D eigenvalue weighted by Gasteiger charge is 2.27. The second-order valence-corrected chi connectivity index (χ2v) is 6.87. The molecule has 1 N–H and O–H groups in total. The molecule has 1 aromatic rings. The fourth-order valence-corrected chi connectivity index (χ4v) is 3.62. The first-order valence-electron chi connectivity index (χ1n) is 6.42. The summed E-state index contributed by atoms with van der Waals surface area (Å²) in [6.45, 7) is 3.43. The van der Waals surface area contributed by atoms with Gasteiger partial charge in [-0.3, -0.25) is 0 Å². The van der Waals surface area contributed by atoms with Crippen LogP contribution in [-0.4, -0.2) is 42.7 Å². The average molecular weight is 289 g/mol. The van der Waals surface area contributed by atoms with Gasteiger partial charge in [-0.25, -0.2) is 8.42 Å². The lowest BCUT2D eigenvalue weighted by Crippen LogP contribution is -2.29. The Morgan fingerprint density at radius 1 is 1.53 bits per heavy atom. The Morgan fingerprint density at radius 3 is 3.05 bits per heavy atom. The van der Waals surface area contributed by atoms with Crippen LogP contribution in [0.4, 0.5) is 0 Å². The van der Waals surface area contributed by atoms with Gasteiger partial charge in [0.1, 0.15) is 6.61 Å². The smallest absolute Gasteiger partial charge is 0.240 e. The maximum absolute atomic E-state index is 11.3. The first kappa shape index (κ1) is 14.4. The fourth-order valence-electron chi connectivity index (χ4n) is 1.92. The molecule has 1 atom stereocenters. The van der Waals surface area contributed by atoms with E-state index in [2.05, 4.69) is 15.5 Å². The zero-order chi connectivity index (χ0) is 13.7. The van der Waals surface area contributed by atoms with Gasteiger partial charge in [0.05, 0.1) is 18.1 Å². The standard InChI is InChI=1S/C11H19N3O4S/c1-2-4-17-7-10-13-11(18-14-10)6-12-9-3-5-19(15,16)8-9/h9,12H,2-8H2,1H3. The summed E-state index contributed by atoms with van der Waals surface area (Å²) in [4.78, 5) is 4.16. The van der Waals surface area contributed by atoms with Gasteiger partial charge >= 0.3 is 0 Å². The molecule has 1 aromatic heterocycles. The summed E-state index contributed by atoms with van der Waals surface area (Å²) < 4.78 is 32.9. The first-order chi connectivity index (χ1) is 9.09. The van der Waals surface area contributed by atoms with E-state index in [4.69, 9.17) is 9.26 Å². The summed E-state index contributed by atoms with van der Waals surface area (Å²) in [6, 6.07) is -0.0170. The zero-order valence-electron chi connectivity index (χ0n) is 11.0. The first-order valence-corrected chi connectivity index (χ1v) is 8.24. The van der Waals surface area contributed by atoms with Crippen molar-refractivity contribution >= 4 is 9.84 Å². The minimum atomic E-state index is -2.86. The van der Waals surface area contributed by atoms with E-state index in [-0.39, 0.29) is 17.5 Å². The maximum Gasteiger partial charge on any atom is 0.240 e. The Hall–Kier alpha value is -0.990. The molecule has 1 aliphatic heterocycles. The van der Waals surface area contributed by atoms with E-state index in [0.29, 0.717) is 37.9 Å². The van der Waals surface area contributed by atoms with Crippen molar-refractivity contribution in [1.29, 1.82) is 0 Å². The molecule has 2 rings (SSSR count). The Balaban J connectivity index is 1.74. The Kier molecular flexibility index (Phi) is 4.89. The molecule has 2 heterocycles. The van der Waals surface area contributed by atoms with E-state index in [0.717, 1.165) is 6.42 Å². The number of nitrogens with zero attached hydrogens (tertiary/aromatic N) is 2. The van der Waals surface area contributed by atoms with E-state index in [9.17, 15) is 8.42 Å². The van der Waals surface area contributed by atoms with Gasteiger partial charge in [-0.05, 0) is 12.8 Å². The molecule has 7 nitrogen and oxygen atoms in total. The summed E-state index contributed by atoms with van der Waals surface area (Å²) in [6.07, 6.45) is 1.59. The van der Waals surface area contributed by atoms with E-state index in [1.165, 1.54) is 0 Å². The summed E-state index contributed by atoms with van der Waals surface area (Å²) in [5.74, 6) is 1.42. The summed E-state index contributed by atoms with van der Waals surface area (Å²) >= 11 is 0. The van der Waals surface area contributed by atoms with Crippen molar-refractivity contribution in [3.05, 3.63) is 11.7 Å². The molecule has 0 bridgehead atoms. The number of hydrogen-bond donors (Lipinski definition) is 1. The predicted molar refractivity (Wildman–Crippen MR) is 68.1 cm³/mol. The van der Waals surface area contributed by atoms with Gasteiger partial charge in [-0.1, -0.05) is 12.1 Å². The van der Waals surface area contributed by atoms with Crippen LogP contribution in [0.2, 0.25) is 0 Å². The van der Waals surface area contributed by atoms with Crippen LogP contribution >= 0.6 is 0 Å². The molecule has 1 fully saturated rings. The van der Waals surface area contributed by atoms with Crippen LogP contribution in [0.15, 0.2) is 4.52 Å². The Labute approximate surface area is 112 Å². The summed E-state index contributed by atoms with van der Waals surface area (Å²) in [5.41, 5.74) is 0. The van der Waals surface area contributed by atoms with Crippen LogP contribution in [0.25, 0.3) is 0 Å². The van der Waals surface area contributed by atoms with Crippen LogP contribution in [-0.2, 0) is 27.7 Å². The average Bonchev–Trinajstić information content (AvgIpc) is 2.94. The number of ether oxygens (including phenoxy) is 1. The SMILES string of the molecule is CCCOCc1noc(CNC2CCS(=O)(=O)C2)n1. The molecule has 0 aromatic carbocycles. The molecule has 1 aliphatic rings. The predicted octanol–water partition coefficient (Wildman–Crippen LogP) is 0.273. The van der Waals surface area contributed by atoms with Gasteiger partial charge < -0.3 is 14.6 Å². The van der Waals surface area contributed by atoms with Crippen LogP contribution in [0.3, 0.4) is 0 Å². The molecule has 1 saturated heterocycles. The van der Waals surface area contributed by atoms with Crippen molar-refractivity contribution in [3.63, 3.8) is 0 Å². The van der Waals surface area contributed by atoms with Gasteiger partial charge in [0.25, 0.3) is 0 Å². The van der Waals surface area contributed by atoms with E-state index in [1.54, 1.807) is 0 Å². The number of nitrogens with one attached hydrogen (secondary N) is 1. The van der Waals surface area contributed by atoms with Gasteiger partial charge in [0, 0.05) is 12.6 Å². The maximum atomic E-state index is 11.3. The largest absolute Gasteiger partial charge is 0.373 e. The van der Waals surface area contributed by atoms with Crippen molar-refractivity contribution in [3.8, 4) is 0 Å². The minimum absolute atomic E-state index is 0.0170. The molecule has 19 heavy (non-hydrogen) atoms. The highest BCUT2D eigenvalue weighted by Crippen LogP contribution is 2.11. The van der Waals surface area contributed by atoms with E-state index in [1.807, 2.05) is 6.92 Å². The molecule has 8 heteroatoms. The van der Waals surface area contributed by atoms with Gasteiger partial charge in [0.2, 0.25) is 5.89 Å². The second-order valence-electron chi connectivity index (χ2n) is 4.64. The Bertz CT molecular complexity index is 500. The number of rotatable bonds is 7. The zero-order valence-corrected chi connectivity index (χ0v) is 11.8. The van der Waals surface area contributed by atoms with Crippen molar-refractivity contribution in [2.45, 2.75) is 39.0 Å². The monoisotopic (exact) mass is 289 g/mol. The number of sulfone groups is 1. The third kappa shape index (κ3) is 4.55. The van der Waals surface area contributed by atoms with Crippen LogP contribution in [0.1, 0.15) is 31.5 Å². The Morgan fingerprint density at radius 2 is 2.37 bits per heavy atom. The summed E-state index contributed by atoms with van der Waals surface area (Å²) in [5, 5.41) is 6.91. The van der Waals surface area contributed by atoms with Crippen LogP contribution in [0.5, 0.6) is 0 Å². The van der Waals surface area contributed by atoms with E-state index < -0.39 is 9.84 Å². The quantitative estimate of drug-likeness (QED) is 0.720. The molecule has 0 amide bonds. The van der Waals surface area contributed by atoms with Crippen molar-refractivity contribution in [2.24, 2.45) is 0 Å². The molecule has 108 valence electrons. The van der Waals surface area contributed by atoms with Crippen molar-refractivity contribution in [2.75, 3.05) is 18.1 Å². The molecular weight excluding hydrogens is 270 g/mol. The third-order valence-electron chi connectivity index (χ3n) is 2.86. The highest BCUT2D eigenvalue weighted by atomic mass is 32.2. The highest BCUT2D eigenvalue weighted by molar-refractivity contribution is 7.91. The molecular formula is C11H19N3O4S. The number of aromatic nitrogens is 2. The fraction of sp³-hybridized carbons (Fsp3) is 0.818. The lowest BCUT2D eigenvalue weighted by atomic mass is 10.3. The third-order valence-corrected chi connectivity index (χ3v) is 4.63. The van der Waals surface area contributed by atoms with Crippen LogP contribution < -0.4 is 5.32 Å². The number of hydrogen-bond acceptors (Lipinski definition) is 7. The van der Waals surface area contributed by atoms with Gasteiger partial charge in [0.15, 0.2) is 15.7 Å². The topological polar surface area (TPSA) is 94.3 Å². The van der Waals surface area contributed by atoms with Gasteiger partial charge in [-0.2, -0.15) is 4.98 Å². The molecule has 0 saturated carbocycles.